The van der Waals surface area contributed by atoms with Gasteiger partial charge in [0.05, 0.1) is 18.6 Å². The van der Waals surface area contributed by atoms with Crippen LogP contribution in [0.25, 0.3) is 0 Å². The van der Waals surface area contributed by atoms with E-state index in [0.717, 1.165) is 10.6 Å². The molecule has 1 aliphatic heterocycles. The lowest BCUT2D eigenvalue weighted by molar-refractivity contribution is -0.125. The molecule has 0 bridgehead atoms. The van der Waals surface area contributed by atoms with E-state index in [1.165, 1.54) is 0 Å². The SMILES string of the molecule is CSc1cccc(NC(=O)C2(C)COCC2N)c1. The van der Waals surface area contributed by atoms with E-state index in [1.807, 2.05) is 37.4 Å². The van der Waals surface area contributed by atoms with Crippen molar-refractivity contribution in [2.24, 2.45) is 11.1 Å². The average molecular weight is 266 g/mol. The van der Waals surface area contributed by atoms with E-state index in [4.69, 9.17) is 10.5 Å². The zero-order valence-electron chi connectivity index (χ0n) is 10.6. The molecule has 0 aliphatic carbocycles. The molecule has 0 radical (unpaired) electrons. The summed E-state index contributed by atoms with van der Waals surface area (Å²) in [4.78, 5) is 13.4. The largest absolute Gasteiger partial charge is 0.379 e. The van der Waals surface area contributed by atoms with E-state index in [-0.39, 0.29) is 11.9 Å². The number of nitrogens with one attached hydrogen (secondary N) is 1. The molecular formula is C13H18N2O2S. The smallest absolute Gasteiger partial charge is 0.234 e. The molecule has 1 fully saturated rings. The van der Waals surface area contributed by atoms with Crippen LogP contribution in [0.4, 0.5) is 5.69 Å². The summed E-state index contributed by atoms with van der Waals surface area (Å²) in [6, 6.07) is 7.51. The van der Waals surface area contributed by atoms with Gasteiger partial charge < -0.3 is 15.8 Å². The Bertz CT molecular complexity index is 452. The second-order valence-corrected chi connectivity index (χ2v) is 5.60. The van der Waals surface area contributed by atoms with Gasteiger partial charge in [-0.1, -0.05) is 6.07 Å². The van der Waals surface area contributed by atoms with E-state index < -0.39 is 5.41 Å². The van der Waals surface area contributed by atoms with Crippen molar-refractivity contribution in [3.05, 3.63) is 24.3 Å². The van der Waals surface area contributed by atoms with Crippen molar-refractivity contribution in [2.45, 2.75) is 17.9 Å². The second-order valence-electron chi connectivity index (χ2n) is 4.73. The molecule has 0 spiro atoms. The highest BCUT2D eigenvalue weighted by molar-refractivity contribution is 7.98. The lowest BCUT2D eigenvalue weighted by Gasteiger charge is -2.25. The quantitative estimate of drug-likeness (QED) is 0.818. The van der Waals surface area contributed by atoms with Crippen molar-refractivity contribution in [2.75, 3.05) is 24.8 Å². The van der Waals surface area contributed by atoms with Crippen LogP contribution in [0.1, 0.15) is 6.92 Å². The van der Waals surface area contributed by atoms with Crippen LogP contribution >= 0.6 is 11.8 Å². The Labute approximate surface area is 111 Å². The van der Waals surface area contributed by atoms with Crippen LogP contribution in [-0.2, 0) is 9.53 Å². The number of carbonyl (C=O) groups excluding carboxylic acids is 1. The molecule has 5 heteroatoms. The van der Waals surface area contributed by atoms with Crippen LogP contribution in [0.15, 0.2) is 29.2 Å². The van der Waals surface area contributed by atoms with Crippen molar-refractivity contribution in [3.63, 3.8) is 0 Å². The van der Waals surface area contributed by atoms with Gasteiger partial charge in [-0.05, 0) is 31.4 Å². The highest BCUT2D eigenvalue weighted by Gasteiger charge is 2.44. The van der Waals surface area contributed by atoms with Crippen LogP contribution in [0.5, 0.6) is 0 Å². The molecule has 2 rings (SSSR count). The molecule has 1 amide bonds. The zero-order valence-corrected chi connectivity index (χ0v) is 11.4. The standard InChI is InChI=1S/C13H18N2O2S/c1-13(8-17-7-11(13)14)12(16)15-9-4-3-5-10(6-9)18-2/h3-6,11H,7-8,14H2,1-2H3,(H,15,16). The molecule has 18 heavy (non-hydrogen) atoms. The summed E-state index contributed by atoms with van der Waals surface area (Å²) in [6.45, 7) is 2.66. The van der Waals surface area contributed by atoms with E-state index in [0.29, 0.717) is 13.2 Å². The average Bonchev–Trinajstić information content (AvgIpc) is 2.71. The maximum atomic E-state index is 12.3. The number of benzene rings is 1. The molecule has 2 atom stereocenters. The third kappa shape index (κ3) is 2.53. The second kappa shape index (κ2) is 5.30. The Balaban J connectivity index is 2.11. The van der Waals surface area contributed by atoms with Crippen LogP contribution in [0.3, 0.4) is 0 Å². The van der Waals surface area contributed by atoms with Crippen molar-refractivity contribution in [1.82, 2.24) is 0 Å². The molecule has 2 unspecified atom stereocenters. The molecule has 1 heterocycles. The van der Waals surface area contributed by atoms with E-state index in [1.54, 1.807) is 11.8 Å². The summed E-state index contributed by atoms with van der Waals surface area (Å²) in [5.41, 5.74) is 6.09. The highest BCUT2D eigenvalue weighted by atomic mass is 32.2. The fourth-order valence-corrected chi connectivity index (χ4v) is 2.36. The zero-order chi connectivity index (χ0) is 13.2. The first kappa shape index (κ1) is 13.4. The topological polar surface area (TPSA) is 64.3 Å². The van der Waals surface area contributed by atoms with Gasteiger partial charge in [-0.25, -0.2) is 0 Å². The number of thioether (sulfide) groups is 1. The molecule has 1 aromatic rings. The molecule has 3 N–H and O–H groups in total. The first-order valence-corrected chi connectivity index (χ1v) is 7.07. The normalized spacial score (nSPS) is 27.2. The minimum absolute atomic E-state index is 0.0780. The Morgan fingerprint density at radius 2 is 2.39 bits per heavy atom. The summed E-state index contributed by atoms with van der Waals surface area (Å²) in [5.74, 6) is -0.0780. The number of hydrogen-bond donors (Lipinski definition) is 2. The fourth-order valence-electron chi connectivity index (χ4n) is 1.90. The highest BCUT2D eigenvalue weighted by Crippen LogP contribution is 2.29. The lowest BCUT2D eigenvalue weighted by Crippen LogP contribution is -2.47. The van der Waals surface area contributed by atoms with Gasteiger partial charge in [-0.2, -0.15) is 0 Å². The Kier molecular flexibility index (Phi) is 3.94. The van der Waals surface area contributed by atoms with Crippen molar-refractivity contribution < 1.29 is 9.53 Å². The number of hydrogen-bond acceptors (Lipinski definition) is 4. The number of nitrogens with two attached hydrogens (primary N) is 1. The predicted octanol–water partition coefficient (Wildman–Crippen LogP) is 1.71. The number of ether oxygens (including phenoxy) is 1. The number of carbonyl (C=O) groups is 1. The van der Waals surface area contributed by atoms with Crippen molar-refractivity contribution in [3.8, 4) is 0 Å². The van der Waals surface area contributed by atoms with Gasteiger partial charge in [0.25, 0.3) is 0 Å². The summed E-state index contributed by atoms with van der Waals surface area (Å²) in [7, 11) is 0. The van der Waals surface area contributed by atoms with Gasteiger partial charge in [0.1, 0.15) is 0 Å². The number of rotatable bonds is 3. The number of anilines is 1. The molecule has 98 valence electrons. The molecule has 1 saturated heterocycles. The predicted molar refractivity (Wildman–Crippen MR) is 73.8 cm³/mol. The third-order valence-electron chi connectivity index (χ3n) is 3.36. The van der Waals surface area contributed by atoms with Crippen molar-refractivity contribution >= 4 is 23.4 Å². The van der Waals surface area contributed by atoms with E-state index >= 15 is 0 Å². The molecular weight excluding hydrogens is 248 g/mol. The third-order valence-corrected chi connectivity index (χ3v) is 4.09. The van der Waals surface area contributed by atoms with Gasteiger partial charge in [0.15, 0.2) is 0 Å². The van der Waals surface area contributed by atoms with E-state index in [2.05, 4.69) is 5.32 Å². The maximum Gasteiger partial charge on any atom is 0.234 e. The minimum atomic E-state index is -0.643. The van der Waals surface area contributed by atoms with Gasteiger partial charge in [0, 0.05) is 16.6 Å². The first-order valence-electron chi connectivity index (χ1n) is 5.85. The molecule has 0 saturated carbocycles. The Morgan fingerprint density at radius 3 is 3.00 bits per heavy atom. The van der Waals surface area contributed by atoms with Gasteiger partial charge >= 0.3 is 0 Å². The van der Waals surface area contributed by atoms with Crippen molar-refractivity contribution in [1.29, 1.82) is 0 Å². The molecule has 1 aromatic carbocycles. The molecule has 4 nitrogen and oxygen atoms in total. The molecule has 1 aliphatic rings. The monoisotopic (exact) mass is 266 g/mol. The summed E-state index contributed by atoms with van der Waals surface area (Å²) in [5, 5.41) is 2.92. The van der Waals surface area contributed by atoms with Crippen LogP contribution in [-0.4, -0.2) is 31.4 Å². The van der Waals surface area contributed by atoms with Crippen LogP contribution in [0, 0.1) is 5.41 Å². The maximum absolute atomic E-state index is 12.3. The van der Waals surface area contributed by atoms with Crippen LogP contribution in [0.2, 0.25) is 0 Å². The number of amides is 1. The Hall–Kier alpha value is -1.04. The fraction of sp³-hybridized carbons (Fsp3) is 0.462. The minimum Gasteiger partial charge on any atom is -0.379 e. The van der Waals surface area contributed by atoms with Gasteiger partial charge in [-0.3, -0.25) is 4.79 Å². The van der Waals surface area contributed by atoms with Gasteiger partial charge in [0.2, 0.25) is 5.91 Å². The van der Waals surface area contributed by atoms with Gasteiger partial charge in [-0.15, -0.1) is 11.8 Å². The summed E-state index contributed by atoms with van der Waals surface area (Å²) in [6.07, 6.45) is 2.00. The van der Waals surface area contributed by atoms with E-state index in [9.17, 15) is 4.79 Å². The Morgan fingerprint density at radius 1 is 1.61 bits per heavy atom. The summed E-state index contributed by atoms with van der Waals surface area (Å²) >= 11 is 1.64. The lowest BCUT2D eigenvalue weighted by atomic mass is 9.85. The summed E-state index contributed by atoms with van der Waals surface area (Å²) < 4.78 is 5.29. The first-order chi connectivity index (χ1) is 8.56. The molecule has 0 aromatic heterocycles. The van der Waals surface area contributed by atoms with Crippen LogP contribution < -0.4 is 11.1 Å².